The van der Waals surface area contributed by atoms with Gasteiger partial charge in [-0.05, 0) is 102 Å². The molecule has 0 aromatic heterocycles. The lowest BCUT2D eigenvalue weighted by Crippen LogP contribution is -2.36. The summed E-state index contributed by atoms with van der Waals surface area (Å²) in [6.45, 7) is 11.9. The molecule has 0 spiro atoms. The number of rotatable bonds is 11. The molecule has 3 amide bonds. The largest absolute Gasteiger partial charge is 0.445 e. The summed E-state index contributed by atoms with van der Waals surface area (Å²) in [6, 6.07) is 23.4. The number of halogens is 2. The van der Waals surface area contributed by atoms with Gasteiger partial charge in [-0.2, -0.15) is 0 Å². The number of hydrogen-bond acceptors (Lipinski definition) is 7. The number of ether oxygens (including phenoxy) is 3. The Morgan fingerprint density at radius 3 is 1.52 bits per heavy atom. The normalized spacial score (nSPS) is 12.4. The fourth-order valence-electron chi connectivity index (χ4n) is 4.19. The van der Waals surface area contributed by atoms with Crippen LogP contribution >= 0.6 is 23.2 Å². The third-order valence-electron chi connectivity index (χ3n) is 6.30. The average molecular weight is 704 g/mol. The Bertz CT molecular complexity index is 1410. The number of nitrogens with two attached hydrogens (primary N) is 1. The minimum atomic E-state index is -0.603. The molecule has 0 saturated heterocycles. The van der Waals surface area contributed by atoms with Gasteiger partial charge in [0.05, 0.1) is 12.1 Å². The van der Waals surface area contributed by atoms with Gasteiger partial charge in [0, 0.05) is 16.6 Å². The van der Waals surface area contributed by atoms with Crippen LogP contribution in [0.2, 0.25) is 10.0 Å². The van der Waals surface area contributed by atoms with Crippen molar-refractivity contribution in [3.8, 4) is 0 Å². The third-order valence-corrected chi connectivity index (χ3v) is 6.80. The van der Waals surface area contributed by atoms with Crippen LogP contribution < -0.4 is 21.7 Å². The monoisotopic (exact) mass is 702 g/mol. The van der Waals surface area contributed by atoms with Crippen molar-refractivity contribution in [1.29, 1.82) is 0 Å². The van der Waals surface area contributed by atoms with Crippen molar-refractivity contribution >= 4 is 41.5 Å². The van der Waals surface area contributed by atoms with E-state index >= 15 is 0 Å². The van der Waals surface area contributed by atoms with Crippen LogP contribution in [0.3, 0.4) is 0 Å². The van der Waals surface area contributed by atoms with Crippen molar-refractivity contribution in [1.82, 2.24) is 16.0 Å². The fraction of sp³-hybridized carbons (Fsp3) is 0.417. The third kappa shape index (κ3) is 17.2. The highest BCUT2D eigenvalue weighted by Crippen LogP contribution is 2.21. The zero-order valence-corrected chi connectivity index (χ0v) is 30.0. The highest BCUT2D eigenvalue weighted by Gasteiger charge is 2.22. The van der Waals surface area contributed by atoms with Gasteiger partial charge in [-0.15, -0.1) is 0 Å². The molecule has 0 bridgehead atoms. The SMILES string of the molecule is CC(C)(C)OC(=O)NC(CCN)c1ccc(Cl)cc1.CC(C)(C)OC(=O)NC(CCNC(=O)OCc1ccccc1)c1ccc(Cl)cc1. The minimum absolute atomic E-state index is 0.169. The summed E-state index contributed by atoms with van der Waals surface area (Å²) < 4.78 is 15.8. The second kappa shape index (κ2) is 19.7. The number of carbonyl (C=O) groups excluding carboxylic acids is 3. The Hall–Kier alpha value is -3.99. The predicted molar refractivity (Wildman–Crippen MR) is 190 cm³/mol. The van der Waals surface area contributed by atoms with Gasteiger partial charge in [-0.25, -0.2) is 14.4 Å². The van der Waals surface area contributed by atoms with Crippen molar-refractivity contribution in [3.63, 3.8) is 0 Å². The lowest BCUT2D eigenvalue weighted by atomic mass is 10.0. The Morgan fingerprint density at radius 1 is 0.667 bits per heavy atom. The van der Waals surface area contributed by atoms with E-state index in [4.69, 9.17) is 43.1 Å². The van der Waals surface area contributed by atoms with Gasteiger partial charge in [-0.3, -0.25) is 0 Å². The Kier molecular flexibility index (Phi) is 16.5. The van der Waals surface area contributed by atoms with E-state index in [1.54, 1.807) is 45.0 Å². The molecule has 0 radical (unpaired) electrons. The van der Waals surface area contributed by atoms with Crippen LogP contribution in [-0.2, 0) is 20.8 Å². The van der Waals surface area contributed by atoms with Crippen LogP contribution in [-0.4, -0.2) is 42.6 Å². The molecule has 2 atom stereocenters. The Labute approximate surface area is 294 Å². The highest BCUT2D eigenvalue weighted by molar-refractivity contribution is 6.30. The molecule has 0 fully saturated rings. The number of carbonyl (C=O) groups is 3. The molecule has 0 heterocycles. The molecule has 3 aromatic carbocycles. The first kappa shape index (κ1) is 40.2. The molecule has 2 unspecified atom stereocenters. The minimum Gasteiger partial charge on any atom is -0.445 e. The second-order valence-electron chi connectivity index (χ2n) is 12.9. The summed E-state index contributed by atoms with van der Waals surface area (Å²) in [5, 5.41) is 9.64. The number of benzene rings is 3. The molecule has 48 heavy (non-hydrogen) atoms. The smallest absolute Gasteiger partial charge is 0.408 e. The van der Waals surface area contributed by atoms with E-state index in [-0.39, 0.29) is 18.7 Å². The summed E-state index contributed by atoms with van der Waals surface area (Å²) in [7, 11) is 0. The van der Waals surface area contributed by atoms with Gasteiger partial charge in [0.2, 0.25) is 0 Å². The molecule has 12 heteroatoms. The van der Waals surface area contributed by atoms with Crippen molar-refractivity contribution in [2.45, 2.75) is 84.3 Å². The summed E-state index contributed by atoms with van der Waals surface area (Å²) in [4.78, 5) is 35.9. The molecular formula is C36H48Cl2N4O6. The van der Waals surface area contributed by atoms with Gasteiger partial charge in [-0.1, -0.05) is 77.8 Å². The summed E-state index contributed by atoms with van der Waals surface area (Å²) in [5.41, 5.74) is 7.19. The van der Waals surface area contributed by atoms with Gasteiger partial charge >= 0.3 is 18.3 Å². The standard InChI is InChI=1S/C22H27ClN2O4.C14H21ClN2O2/c1-22(2,3)29-21(27)25-19(17-9-11-18(23)12-10-17)13-14-24-20(26)28-15-16-7-5-4-6-8-16;1-14(2,3)19-13(18)17-12(8-9-16)10-4-6-11(15)7-5-10/h4-12,19H,13-15H2,1-3H3,(H,24,26)(H,25,27);4-7,12H,8-9,16H2,1-3H3,(H,17,18). The van der Waals surface area contributed by atoms with Crippen molar-refractivity contribution in [2.75, 3.05) is 13.1 Å². The molecule has 0 aliphatic carbocycles. The Morgan fingerprint density at radius 2 is 1.10 bits per heavy atom. The van der Waals surface area contributed by atoms with Gasteiger partial charge in [0.25, 0.3) is 0 Å². The second-order valence-corrected chi connectivity index (χ2v) is 13.7. The number of hydrogen-bond donors (Lipinski definition) is 4. The number of amides is 3. The van der Waals surface area contributed by atoms with E-state index in [0.717, 1.165) is 16.7 Å². The zero-order valence-electron chi connectivity index (χ0n) is 28.5. The van der Waals surface area contributed by atoms with Crippen LogP contribution in [0.4, 0.5) is 14.4 Å². The first-order chi connectivity index (χ1) is 22.5. The van der Waals surface area contributed by atoms with E-state index in [1.807, 2.05) is 75.4 Å². The van der Waals surface area contributed by atoms with E-state index in [9.17, 15) is 14.4 Å². The van der Waals surface area contributed by atoms with E-state index in [2.05, 4.69) is 16.0 Å². The van der Waals surface area contributed by atoms with Gasteiger partial charge < -0.3 is 35.9 Å². The zero-order chi connectivity index (χ0) is 35.7. The lowest BCUT2D eigenvalue weighted by molar-refractivity contribution is 0.0489. The van der Waals surface area contributed by atoms with Crippen LogP contribution in [0.15, 0.2) is 78.9 Å². The van der Waals surface area contributed by atoms with Crippen LogP contribution in [0, 0.1) is 0 Å². The first-order valence-electron chi connectivity index (χ1n) is 15.7. The van der Waals surface area contributed by atoms with Crippen molar-refractivity contribution < 1.29 is 28.6 Å². The molecule has 10 nitrogen and oxygen atoms in total. The summed E-state index contributed by atoms with van der Waals surface area (Å²) in [6.07, 6.45) is -0.381. The topological polar surface area (TPSA) is 141 Å². The molecule has 262 valence electrons. The predicted octanol–water partition coefficient (Wildman–Crippen LogP) is 8.48. The highest BCUT2D eigenvalue weighted by atomic mass is 35.5. The summed E-state index contributed by atoms with van der Waals surface area (Å²) >= 11 is 11.8. The molecule has 5 N–H and O–H groups in total. The molecule has 3 rings (SSSR count). The van der Waals surface area contributed by atoms with Crippen molar-refractivity contribution in [2.24, 2.45) is 5.73 Å². The number of nitrogens with one attached hydrogen (secondary N) is 3. The van der Waals surface area contributed by atoms with Crippen LogP contribution in [0.5, 0.6) is 0 Å². The lowest BCUT2D eigenvalue weighted by Gasteiger charge is -2.24. The van der Waals surface area contributed by atoms with E-state index < -0.39 is 29.5 Å². The maximum absolute atomic E-state index is 12.2. The summed E-state index contributed by atoms with van der Waals surface area (Å²) in [5.74, 6) is 0. The van der Waals surface area contributed by atoms with E-state index in [0.29, 0.717) is 36.0 Å². The van der Waals surface area contributed by atoms with Gasteiger partial charge in [0.1, 0.15) is 17.8 Å². The van der Waals surface area contributed by atoms with Gasteiger partial charge in [0.15, 0.2) is 0 Å². The van der Waals surface area contributed by atoms with Crippen LogP contribution in [0.25, 0.3) is 0 Å². The first-order valence-corrected chi connectivity index (χ1v) is 16.4. The number of alkyl carbamates (subject to hydrolysis) is 3. The van der Waals surface area contributed by atoms with Crippen molar-refractivity contribution in [3.05, 3.63) is 106 Å². The Balaban J connectivity index is 0.000000365. The van der Waals surface area contributed by atoms with Crippen LogP contribution in [0.1, 0.15) is 83.2 Å². The molecular weight excluding hydrogens is 655 g/mol. The molecule has 0 saturated carbocycles. The molecule has 0 aliphatic heterocycles. The van der Waals surface area contributed by atoms with E-state index in [1.165, 1.54) is 0 Å². The molecule has 0 aliphatic rings. The maximum Gasteiger partial charge on any atom is 0.408 e. The maximum atomic E-state index is 12.2. The fourth-order valence-corrected chi connectivity index (χ4v) is 4.45. The average Bonchev–Trinajstić information content (AvgIpc) is 2.99. The molecule has 3 aromatic rings. The quantitative estimate of drug-likeness (QED) is 0.147.